The largest absolute Gasteiger partial charge is 0.337 e. The van der Waals surface area contributed by atoms with Crippen LogP contribution in [0.4, 0.5) is 0 Å². The number of aryl methyl sites for hydroxylation is 2. The van der Waals surface area contributed by atoms with Crippen LogP contribution < -0.4 is 0 Å². The SMILES string of the molecule is Cc1cc(C(=O)N2CC[C@H](C3CCN(CC(C)C)CC3)C2)n(C)n1. The molecule has 5 nitrogen and oxygen atoms in total. The van der Waals surface area contributed by atoms with Crippen LogP contribution in [0.15, 0.2) is 6.07 Å². The number of likely N-dealkylation sites (tertiary alicyclic amines) is 2. The molecule has 1 aromatic heterocycles. The topological polar surface area (TPSA) is 41.4 Å². The molecule has 0 bridgehead atoms. The van der Waals surface area contributed by atoms with E-state index in [4.69, 9.17) is 0 Å². The van der Waals surface area contributed by atoms with Crippen LogP contribution in [-0.2, 0) is 7.05 Å². The number of carbonyl (C=O) groups is 1. The predicted octanol–water partition coefficient (Wildman–Crippen LogP) is 2.56. The summed E-state index contributed by atoms with van der Waals surface area (Å²) < 4.78 is 1.72. The van der Waals surface area contributed by atoms with Crippen LogP contribution in [-0.4, -0.2) is 58.2 Å². The molecule has 0 saturated carbocycles. The van der Waals surface area contributed by atoms with Gasteiger partial charge in [-0.25, -0.2) is 0 Å². The van der Waals surface area contributed by atoms with Gasteiger partial charge in [-0.1, -0.05) is 13.8 Å². The minimum Gasteiger partial charge on any atom is -0.337 e. The van der Waals surface area contributed by atoms with Gasteiger partial charge in [0.15, 0.2) is 0 Å². The lowest BCUT2D eigenvalue weighted by Crippen LogP contribution is -2.39. The van der Waals surface area contributed by atoms with E-state index in [1.165, 1.54) is 32.5 Å². The molecule has 2 fully saturated rings. The third-order valence-electron chi connectivity index (χ3n) is 5.66. The number of nitrogens with zero attached hydrogens (tertiary/aromatic N) is 4. The zero-order valence-corrected chi connectivity index (χ0v) is 15.7. The first-order valence-electron chi connectivity index (χ1n) is 9.46. The monoisotopic (exact) mass is 332 g/mol. The molecule has 1 aromatic rings. The Morgan fingerprint density at radius 2 is 1.88 bits per heavy atom. The lowest BCUT2D eigenvalue weighted by molar-refractivity contribution is 0.0761. The van der Waals surface area contributed by atoms with Gasteiger partial charge in [0.2, 0.25) is 0 Å². The van der Waals surface area contributed by atoms with Crippen molar-refractivity contribution in [3.63, 3.8) is 0 Å². The van der Waals surface area contributed by atoms with Crippen molar-refractivity contribution in [1.82, 2.24) is 19.6 Å². The molecule has 2 aliphatic rings. The van der Waals surface area contributed by atoms with Gasteiger partial charge in [0.1, 0.15) is 5.69 Å². The summed E-state index contributed by atoms with van der Waals surface area (Å²) in [5.41, 5.74) is 1.63. The third-order valence-corrected chi connectivity index (χ3v) is 5.66. The van der Waals surface area contributed by atoms with Gasteiger partial charge in [0.25, 0.3) is 5.91 Å². The average molecular weight is 332 g/mol. The van der Waals surface area contributed by atoms with Crippen LogP contribution in [0, 0.1) is 24.7 Å². The van der Waals surface area contributed by atoms with E-state index in [1.54, 1.807) is 4.68 Å². The molecule has 24 heavy (non-hydrogen) atoms. The molecule has 5 heteroatoms. The summed E-state index contributed by atoms with van der Waals surface area (Å²) in [5.74, 6) is 2.38. The van der Waals surface area contributed by atoms with E-state index in [2.05, 4.69) is 23.8 Å². The van der Waals surface area contributed by atoms with Gasteiger partial charge in [-0.15, -0.1) is 0 Å². The minimum absolute atomic E-state index is 0.151. The fourth-order valence-corrected chi connectivity index (χ4v) is 4.45. The maximum atomic E-state index is 12.7. The molecule has 2 aliphatic heterocycles. The maximum absolute atomic E-state index is 12.7. The Morgan fingerprint density at radius 1 is 1.21 bits per heavy atom. The van der Waals surface area contributed by atoms with Crippen LogP contribution >= 0.6 is 0 Å². The highest BCUT2D eigenvalue weighted by atomic mass is 16.2. The normalized spacial score (nSPS) is 23.4. The molecule has 3 rings (SSSR count). The Hall–Kier alpha value is -1.36. The molecule has 0 N–H and O–H groups in total. The van der Waals surface area contributed by atoms with E-state index in [9.17, 15) is 4.79 Å². The summed E-state index contributed by atoms with van der Waals surface area (Å²) in [4.78, 5) is 17.4. The van der Waals surface area contributed by atoms with Gasteiger partial charge in [-0.05, 0) is 63.1 Å². The first-order valence-corrected chi connectivity index (χ1v) is 9.46. The van der Waals surface area contributed by atoms with Crippen molar-refractivity contribution in [2.45, 2.75) is 40.0 Å². The molecular formula is C19H32N4O. The zero-order valence-electron chi connectivity index (χ0n) is 15.7. The van der Waals surface area contributed by atoms with Crippen LogP contribution in [0.2, 0.25) is 0 Å². The summed E-state index contributed by atoms with van der Waals surface area (Å²) in [7, 11) is 1.86. The lowest BCUT2D eigenvalue weighted by Gasteiger charge is -2.35. The number of piperidine rings is 1. The van der Waals surface area contributed by atoms with Gasteiger partial charge in [0, 0.05) is 26.7 Å². The highest BCUT2D eigenvalue weighted by molar-refractivity contribution is 5.92. The van der Waals surface area contributed by atoms with Gasteiger partial charge < -0.3 is 9.80 Å². The summed E-state index contributed by atoms with van der Waals surface area (Å²) >= 11 is 0. The van der Waals surface area contributed by atoms with Crippen LogP contribution in [0.25, 0.3) is 0 Å². The lowest BCUT2D eigenvalue weighted by atomic mass is 9.83. The standard InChI is InChI=1S/C19H32N4O/c1-14(2)12-22-8-5-16(6-9-22)17-7-10-23(13-17)19(24)18-11-15(3)20-21(18)4/h11,14,16-17H,5-10,12-13H2,1-4H3/t17-/m0/s1. The Labute approximate surface area is 146 Å². The summed E-state index contributed by atoms with van der Waals surface area (Å²) in [6, 6.07) is 1.90. The van der Waals surface area contributed by atoms with E-state index < -0.39 is 0 Å². The molecule has 0 aromatic carbocycles. The Balaban J connectivity index is 1.53. The van der Waals surface area contributed by atoms with Crippen molar-refractivity contribution in [3.8, 4) is 0 Å². The predicted molar refractivity (Wildman–Crippen MR) is 96.0 cm³/mol. The molecule has 2 saturated heterocycles. The van der Waals surface area contributed by atoms with Crippen LogP contribution in [0.5, 0.6) is 0 Å². The quantitative estimate of drug-likeness (QED) is 0.851. The number of rotatable bonds is 4. The van der Waals surface area contributed by atoms with Crippen molar-refractivity contribution in [3.05, 3.63) is 17.5 Å². The molecular weight excluding hydrogens is 300 g/mol. The highest BCUT2D eigenvalue weighted by Gasteiger charge is 2.34. The highest BCUT2D eigenvalue weighted by Crippen LogP contribution is 2.32. The number of aromatic nitrogens is 2. The summed E-state index contributed by atoms with van der Waals surface area (Å²) in [6.45, 7) is 12.1. The second-order valence-corrected chi connectivity index (χ2v) is 8.13. The van der Waals surface area contributed by atoms with E-state index in [0.717, 1.165) is 42.7 Å². The zero-order chi connectivity index (χ0) is 17.3. The number of hydrogen-bond acceptors (Lipinski definition) is 3. The summed E-state index contributed by atoms with van der Waals surface area (Å²) in [5, 5.41) is 4.31. The van der Waals surface area contributed by atoms with Crippen molar-refractivity contribution in [2.75, 3.05) is 32.7 Å². The van der Waals surface area contributed by atoms with Gasteiger partial charge in [-0.2, -0.15) is 5.10 Å². The molecule has 0 radical (unpaired) electrons. The maximum Gasteiger partial charge on any atom is 0.272 e. The van der Waals surface area contributed by atoms with E-state index >= 15 is 0 Å². The van der Waals surface area contributed by atoms with Crippen molar-refractivity contribution >= 4 is 5.91 Å². The van der Waals surface area contributed by atoms with Gasteiger partial charge in [0.05, 0.1) is 5.69 Å². The fraction of sp³-hybridized carbons (Fsp3) is 0.789. The fourth-order valence-electron chi connectivity index (χ4n) is 4.45. The molecule has 0 unspecified atom stereocenters. The minimum atomic E-state index is 0.151. The molecule has 0 aliphatic carbocycles. The van der Waals surface area contributed by atoms with Gasteiger partial charge >= 0.3 is 0 Å². The first kappa shape index (κ1) is 17.5. The Morgan fingerprint density at radius 3 is 2.46 bits per heavy atom. The van der Waals surface area contributed by atoms with Crippen LogP contribution in [0.3, 0.4) is 0 Å². The average Bonchev–Trinajstić information content (AvgIpc) is 3.13. The van der Waals surface area contributed by atoms with Crippen LogP contribution in [0.1, 0.15) is 49.3 Å². The number of amides is 1. The second-order valence-electron chi connectivity index (χ2n) is 8.13. The Bertz CT molecular complexity index is 572. The molecule has 3 heterocycles. The second kappa shape index (κ2) is 7.26. The van der Waals surface area contributed by atoms with E-state index in [0.29, 0.717) is 5.92 Å². The van der Waals surface area contributed by atoms with Crippen molar-refractivity contribution in [1.29, 1.82) is 0 Å². The first-order chi connectivity index (χ1) is 11.4. The van der Waals surface area contributed by atoms with Crippen molar-refractivity contribution in [2.24, 2.45) is 24.8 Å². The molecule has 1 atom stereocenters. The van der Waals surface area contributed by atoms with Gasteiger partial charge in [-0.3, -0.25) is 9.48 Å². The third kappa shape index (κ3) is 3.82. The van der Waals surface area contributed by atoms with Crippen molar-refractivity contribution < 1.29 is 4.79 Å². The summed E-state index contributed by atoms with van der Waals surface area (Å²) in [6.07, 6.45) is 3.76. The van der Waals surface area contributed by atoms with E-state index in [-0.39, 0.29) is 5.91 Å². The molecule has 1 amide bonds. The smallest absolute Gasteiger partial charge is 0.272 e. The van der Waals surface area contributed by atoms with E-state index in [1.807, 2.05) is 24.9 Å². The number of hydrogen-bond donors (Lipinski definition) is 0. The molecule has 0 spiro atoms. The number of carbonyl (C=O) groups excluding carboxylic acids is 1. The molecule has 134 valence electrons. The Kier molecular flexibility index (Phi) is 5.28.